The summed E-state index contributed by atoms with van der Waals surface area (Å²) in [6.07, 6.45) is 4.02. The molecule has 7 heteroatoms. The SMILES string of the molecule is CCNc1ncc(C(=O)Nc2cn(C)nc2CC)cc1Cl. The van der Waals surface area contributed by atoms with Gasteiger partial charge in [0.15, 0.2) is 0 Å². The number of amides is 1. The maximum Gasteiger partial charge on any atom is 0.257 e. The lowest BCUT2D eigenvalue weighted by atomic mass is 10.2. The van der Waals surface area contributed by atoms with Crippen LogP contribution in [-0.4, -0.2) is 27.2 Å². The zero-order valence-electron chi connectivity index (χ0n) is 12.3. The van der Waals surface area contributed by atoms with E-state index < -0.39 is 0 Å². The average Bonchev–Trinajstić information content (AvgIpc) is 2.81. The summed E-state index contributed by atoms with van der Waals surface area (Å²) in [6.45, 7) is 4.66. The number of nitrogens with zero attached hydrogens (tertiary/aromatic N) is 3. The molecule has 0 aromatic carbocycles. The number of hydrogen-bond acceptors (Lipinski definition) is 4. The summed E-state index contributed by atoms with van der Waals surface area (Å²) in [5.41, 5.74) is 1.96. The number of nitrogens with one attached hydrogen (secondary N) is 2. The van der Waals surface area contributed by atoms with E-state index in [2.05, 4.69) is 20.7 Å². The molecule has 0 aliphatic rings. The Morgan fingerprint density at radius 2 is 2.19 bits per heavy atom. The smallest absolute Gasteiger partial charge is 0.257 e. The van der Waals surface area contributed by atoms with Gasteiger partial charge < -0.3 is 10.6 Å². The Balaban J connectivity index is 2.18. The maximum absolute atomic E-state index is 12.2. The summed E-state index contributed by atoms with van der Waals surface area (Å²) < 4.78 is 1.67. The monoisotopic (exact) mass is 307 g/mol. The molecular weight excluding hydrogens is 290 g/mol. The van der Waals surface area contributed by atoms with Crippen LogP contribution in [0.25, 0.3) is 0 Å². The molecular formula is C14H18ClN5O. The van der Waals surface area contributed by atoms with Crippen LogP contribution in [0.4, 0.5) is 11.5 Å². The van der Waals surface area contributed by atoms with E-state index in [9.17, 15) is 4.79 Å². The summed E-state index contributed by atoms with van der Waals surface area (Å²) in [4.78, 5) is 16.4. The minimum atomic E-state index is -0.254. The fraction of sp³-hybridized carbons (Fsp3) is 0.357. The third-order valence-electron chi connectivity index (χ3n) is 2.94. The summed E-state index contributed by atoms with van der Waals surface area (Å²) in [6, 6.07) is 1.60. The van der Waals surface area contributed by atoms with Gasteiger partial charge in [0.05, 0.1) is 22.0 Å². The number of hydrogen-bond donors (Lipinski definition) is 2. The molecule has 112 valence electrons. The molecule has 2 heterocycles. The molecule has 0 unspecified atom stereocenters. The third-order valence-corrected chi connectivity index (χ3v) is 3.22. The lowest BCUT2D eigenvalue weighted by Gasteiger charge is -2.08. The zero-order valence-corrected chi connectivity index (χ0v) is 13.0. The second kappa shape index (κ2) is 6.58. The molecule has 0 aliphatic carbocycles. The quantitative estimate of drug-likeness (QED) is 0.891. The highest BCUT2D eigenvalue weighted by atomic mass is 35.5. The number of aryl methyl sites for hydroxylation is 2. The maximum atomic E-state index is 12.2. The summed E-state index contributed by atoms with van der Waals surface area (Å²) in [7, 11) is 1.82. The van der Waals surface area contributed by atoms with Crippen molar-refractivity contribution in [1.29, 1.82) is 0 Å². The van der Waals surface area contributed by atoms with Crippen molar-refractivity contribution < 1.29 is 4.79 Å². The minimum Gasteiger partial charge on any atom is -0.369 e. The molecule has 2 rings (SSSR count). The number of carbonyl (C=O) groups excluding carboxylic acids is 1. The molecule has 0 fully saturated rings. The second-order valence-corrected chi connectivity index (χ2v) is 4.96. The minimum absolute atomic E-state index is 0.254. The Hall–Kier alpha value is -2.08. The average molecular weight is 308 g/mol. The zero-order chi connectivity index (χ0) is 15.4. The van der Waals surface area contributed by atoms with Crippen molar-refractivity contribution in [2.75, 3.05) is 17.2 Å². The van der Waals surface area contributed by atoms with Gasteiger partial charge in [0.25, 0.3) is 5.91 Å². The van der Waals surface area contributed by atoms with Gasteiger partial charge in [-0.3, -0.25) is 9.48 Å². The highest BCUT2D eigenvalue weighted by Crippen LogP contribution is 2.21. The number of aromatic nitrogens is 3. The van der Waals surface area contributed by atoms with Crippen molar-refractivity contribution in [1.82, 2.24) is 14.8 Å². The third kappa shape index (κ3) is 3.52. The standard InChI is InChI=1S/C14H18ClN5O/c1-4-11-12(8-20(3)19-11)18-14(21)9-6-10(15)13(16-5-2)17-7-9/h6-8H,4-5H2,1-3H3,(H,16,17)(H,18,21). The Kier molecular flexibility index (Phi) is 4.80. The van der Waals surface area contributed by atoms with Gasteiger partial charge >= 0.3 is 0 Å². The Bertz CT molecular complexity index is 653. The van der Waals surface area contributed by atoms with Crippen LogP contribution >= 0.6 is 11.6 Å². The van der Waals surface area contributed by atoms with E-state index in [0.717, 1.165) is 12.1 Å². The normalized spacial score (nSPS) is 10.5. The largest absolute Gasteiger partial charge is 0.369 e. The van der Waals surface area contributed by atoms with E-state index >= 15 is 0 Å². The fourth-order valence-electron chi connectivity index (χ4n) is 1.95. The van der Waals surface area contributed by atoms with Crippen LogP contribution in [0.1, 0.15) is 29.9 Å². The first-order valence-corrected chi connectivity index (χ1v) is 7.16. The van der Waals surface area contributed by atoms with Crippen molar-refractivity contribution in [2.45, 2.75) is 20.3 Å². The fourth-order valence-corrected chi connectivity index (χ4v) is 2.19. The Labute approximate surface area is 128 Å². The predicted molar refractivity (Wildman–Crippen MR) is 83.9 cm³/mol. The molecule has 2 aromatic rings. The molecule has 0 bridgehead atoms. The van der Waals surface area contributed by atoms with Gasteiger partial charge in [-0.15, -0.1) is 0 Å². The van der Waals surface area contributed by atoms with Crippen LogP contribution in [0.5, 0.6) is 0 Å². The lowest BCUT2D eigenvalue weighted by molar-refractivity contribution is 0.102. The number of halogens is 1. The van der Waals surface area contributed by atoms with Gasteiger partial charge in [0.1, 0.15) is 5.82 Å². The van der Waals surface area contributed by atoms with Crippen molar-refractivity contribution in [3.8, 4) is 0 Å². The van der Waals surface area contributed by atoms with Crippen molar-refractivity contribution in [3.05, 3.63) is 34.7 Å². The molecule has 0 saturated heterocycles. The van der Waals surface area contributed by atoms with E-state index in [0.29, 0.717) is 28.6 Å². The molecule has 2 aromatic heterocycles. The summed E-state index contributed by atoms with van der Waals surface area (Å²) >= 11 is 6.10. The van der Waals surface area contributed by atoms with Gasteiger partial charge in [-0.25, -0.2) is 4.98 Å². The van der Waals surface area contributed by atoms with Crippen LogP contribution in [0, 0.1) is 0 Å². The van der Waals surface area contributed by atoms with E-state index in [1.54, 1.807) is 16.9 Å². The van der Waals surface area contributed by atoms with E-state index in [-0.39, 0.29) is 5.91 Å². The first kappa shape index (κ1) is 15.3. The molecule has 0 radical (unpaired) electrons. The van der Waals surface area contributed by atoms with Gasteiger partial charge in [-0.2, -0.15) is 5.10 Å². The van der Waals surface area contributed by atoms with E-state index in [4.69, 9.17) is 11.6 Å². The number of carbonyl (C=O) groups is 1. The van der Waals surface area contributed by atoms with Crippen LogP contribution in [0.15, 0.2) is 18.5 Å². The van der Waals surface area contributed by atoms with Gasteiger partial charge in [0.2, 0.25) is 0 Å². The topological polar surface area (TPSA) is 71.8 Å². The van der Waals surface area contributed by atoms with Crippen molar-refractivity contribution in [3.63, 3.8) is 0 Å². The number of pyridine rings is 1. The summed E-state index contributed by atoms with van der Waals surface area (Å²) in [5.74, 6) is 0.321. The van der Waals surface area contributed by atoms with Crippen molar-refractivity contribution in [2.24, 2.45) is 7.05 Å². The molecule has 1 amide bonds. The van der Waals surface area contributed by atoms with Gasteiger partial charge in [-0.1, -0.05) is 18.5 Å². The highest BCUT2D eigenvalue weighted by molar-refractivity contribution is 6.33. The first-order valence-electron chi connectivity index (χ1n) is 6.78. The first-order chi connectivity index (χ1) is 10.0. The molecule has 0 atom stereocenters. The molecule has 0 saturated carbocycles. The van der Waals surface area contributed by atoms with Crippen LogP contribution in [0.2, 0.25) is 5.02 Å². The molecule has 2 N–H and O–H groups in total. The van der Waals surface area contributed by atoms with E-state index in [1.807, 2.05) is 20.9 Å². The summed E-state index contributed by atoms with van der Waals surface area (Å²) in [5, 5.41) is 10.6. The van der Waals surface area contributed by atoms with Gasteiger partial charge in [0, 0.05) is 26.0 Å². The van der Waals surface area contributed by atoms with Crippen LogP contribution in [0.3, 0.4) is 0 Å². The molecule has 6 nitrogen and oxygen atoms in total. The Morgan fingerprint density at radius 3 is 2.81 bits per heavy atom. The number of anilines is 2. The van der Waals surface area contributed by atoms with Crippen molar-refractivity contribution >= 4 is 29.0 Å². The molecule has 21 heavy (non-hydrogen) atoms. The molecule has 0 spiro atoms. The van der Waals surface area contributed by atoms with Crippen LogP contribution < -0.4 is 10.6 Å². The molecule has 0 aliphatic heterocycles. The van der Waals surface area contributed by atoms with Crippen LogP contribution in [-0.2, 0) is 13.5 Å². The predicted octanol–water partition coefficient (Wildman–Crippen LogP) is 2.72. The Morgan fingerprint density at radius 1 is 1.43 bits per heavy atom. The lowest BCUT2D eigenvalue weighted by Crippen LogP contribution is -2.13. The van der Waals surface area contributed by atoms with Gasteiger partial charge in [-0.05, 0) is 19.4 Å². The number of rotatable bonds is 5. The highest BCUT2D eigenvalue weighted by Gasteiger charge is 2.13. The van der Waals surface area contributed by atoms with E-state index in [1.165, 1.54) is 6.20 Å². The second-order valence-electron chi connectivity index (χ2n) is 4.56.